The van der Waals surface area contributed by atoms with Crippen LogP contribution in [0, 0.1) is 18.3 Å². The maximum atomic E-state index is 9.17. The van der Waals surface area contributed by atoms with Crippen molar-refractivity contribution in [3.05, 3.63) is 83.3 Å². The second-order valence-electron chi connectivity index (χ2n) is 7.46. The monoisotopic (exact) mass is 380 g/mol. The summed E-state index contributed by atoms with van der Waals surface area (Å²) in [5.41, 5.74) is 6.21. The van der Waals surface area contributed by atoms with Crippen molar-refractivity contribution in [2.24, 2.45) is 0 Å². The van der Waals surface area contributed by atoms with E-state index in [9.17, 15) is 0 Å². The third-order valence-electron chi connectivity index (χ3n) is 5.57. The SMILES string of the molecule is Cc1cnccc1-n1ncc2ccc(OC3CCCc4cc(C#N)ccc43)cc21. The van der Waals surface area contributed by atoms with Crippen LogP contribution in [0.15, 0.2) is 61.1 Å². The first-order chi connectivity index (χ1) is 14.2. The lowest BCUT2D eigenvalue weighted by atomic mass is 9.88. The highest BCUT2D eigenvalue weighted by atomic mass is 16.5. The molecule has 0 amide bonds. The molecular formula is C24H20N4O. The second kappa shape index (κ2) is 7.06. The topological polar surface area (TPSA) is 63.7 Å². The number of ether oxygens (including phenoxy) is 1. The minimum Gasteiger partial charge on any atom is -0.486 e. The Morgan fingerprint density at radius 2 is 2.07 bits per heavy atom. The number of hydrogen-bond acceptors (Lipinski definition) is 4. The lowest BCUT2D eigenvalue weighted by molar-refractivity contribution is 0.183. The van der Waals surface area contributed by atoms with Crippen LogP contribution in [0.25, 0.3) is 16.6 Å². The molecule has 2 aromatic carbocycles. The van der Waals surface area contributed by atoms with Crippen LogP contribution in [0.2, 0.25) is 0 Å². The maximum Gasteiger partial charge on any atom is 0.124 e. The van der Waals surface area contributed by atoms with Crippen LogP contribution in [-0.2, 0) is 6.42 Å². The van der Waals surface area contributed by atoms with Gasteiger partial charge in [-0.15, -0.1) is 0 Å². The summed E-state index contributed by atoms with van der Waals surface area (Å²) < 4.78 is 8.36. The highest BCUT2D eigenvalue weighted by Crippen LogP contribution is 2.35. The highest BCUT2D eigenvalue weighted by Gasteiger charge is 2.22. The number of fused-ring (bicyclic) bond motifs is 2. The highest BCUT2D eigenvalue weighted by molar-refractivity contribution is 5.82. The summed E-state index contributed by atoms with van der Waals surface area (Å²) >= 11 is 0. The van der Waals surface area contributed by atoms with Gasteiger partial charge in [-0.25, -0.2) is 4.68 Å². The van der Waals surface area contributed by atoms with Crippen LogP contribution >= 0.6 is 0 Å². The minimum absolute atomic E-state index is 0.00276. The number of benzene rings is 2. The number of nitriles is 1. The Bertz CT molecular complexity index is 1250. The zero-order valence-corrected chi connectivity index (χ0v) is 16.2. The molecule has 0 radical (unpaired) electrons. The summed E-state index contributed by atoms with van der Waals surface area (Å²) in [5, 5.41) is 14.8. The van der Waals surface area contributed by atoms with Crippen LogP contribution in [0.5, 0.6) is 5.75 Å². The zero-order chi connectivity index (χ0) is 19.8. The Labute approximate surface area is 169 Å². The molecule has 29 heavy (non-hydrogen) atoms. The van der Waals surface area contributed by atoms with Gasteiger partial charge >= 0.3 is 0 Å². The summed E-state index contributed by atoms with van der Waals surface area (Å²) in [6, 6.07) is 16.2. The molecule has 5 heteroatoms. The van der Waals surface area contributed by atoms with Gasteiger partial charge in [0, 0.05) is 23.8 Å². The van der Waals surface area contributed by atoms with Gasteiger partial charge in [-0.1, -0.05) is 6.07 Å². The number of rotatable bonds is 3. The predicted molar refractivity (Wildman–Crippen MR) is 111 cm³/mol. The first kappa shape index (κ1) is 17.4. The van der Waals surface area contributed by atoms with Gasteiger partial charge in [0.15, 0.2) is 0 Å². The summed E-state index contributed by atoms with van der Waals surface area (Å²) in [6.45, 7) is 2.03. The van der Waals surface area contributed by atoms with Crippen molar-refractivity contribution in [2.75, 3.05) is 0 Å². The zero-order valence-electron chi connectivity index (χ0n) is 16.2. The quantitative estimate of drug-likeness (QED) is 0.498. The molecule has 2 aromatic heterocycles. The van der Waals surface area contributed by atoms with E-state index in [1.807, 2.05) is 60.4 Å². The average Bonchev–Trinajstić information content (AvgIpc) is 3.17. The average molecular weight is 380 g/mol. The van der Waals surface area contributed by atoms with Gasteiger partial charge < -0.3 is 4.74 Å². The lowest BCUT2D eigenvalue weighted by Gasteiger charge is -2.26. The van der Waals surface area contributed by atoms with E-state index >= 15 is 0 Å². The molecule has 1 aliphatic rings. The molecule has 0 spiro atoms. The molecule has 0 saturated carbocycles. The number of aryl methyl sites for hydroxylation is 2. The number of aromatic nitrogens is 3. The molecule has 2 heterocycles. The first-order valence-corrected chi connectivity index (χ1v) is 9.81. The van der Waals surface area contributed by atoms with E-state index in [1.165, 1.54) is 11.1 Å². The van der Waals surface area contributed by atoms with E-state index < -0.39 is 0 Å². The molecule has 0 aliphatic heterocycles. The standard InChI is InChI=1S/C24H20N4O/c1-16-14-26-10-9-22(16)28-23-12-20(7-6-19(23)15-27-28)29-24-4-2-3-18-11-17(13-25)5-8-21(18)24/h5-12,14-15,24H,2-4H2,1H3. The van der Waals surface area contributed by atoms with Crippen LogP contribution < -0.4 is 4.74 Å². The van der Waals surface area contributed by atoms with Crippen LogP contribution in [-0.4, -0.2) is 14.8 Å². The van der Waals surface area contributed by atoms with Gasteiger partial charge in [0.2, 0.25) is 0 Å². The van der Waals surface area contributed by atoms with Crippen molar-refractivity contribution in [1.82, 2.24) is 14.8 Å². The first-order valence-electron chi connectivity index (χ1n) is 9.81. The fourth-order valence-electron chi connectivity index (χ4n) is 4.09. The second-order valence-corrected chi connectivity index (χ2v) is 7.46. The Morgan fingerprint density at radius 1 is 1.14 bits per heavy atom. The Kier molecular flexibility index (Phi) is 4.25. The predicted octanol–water partition coefficient (Wildman–Crippen LogP) is 5.06. The maximum absolute atomic E-state index is 9.17. The van der Waals surface area contributed by atoms with E-state index in [1.54, 1.807) is 6.20 Å². The minimum atomic E-state index is 0.00276. The number of pyridine rings is 1. The van der Waals surface area contributed by atoms with Gasteiger partial charge in [-0.3, -0.25) is 4.98 Å². The smallest absolute Gasteiger partial charge is 0.124 e. The van der Waals surface area contributed by atoms with E-state index in [2.05, 4.69) is 22.2 Å². The van der Waals surface area contributed by atoms with Crippen LogP contribution in [0.1, 0.15) is 41.2 Å². The Hall–Kier alpha value is -3.65. The molecule has 1 aliphatic carbocycles. The Balaban J connectivity index is 1.51. The fraction of sp³-hybridized carbons (Fsp3) is 0.208. The number of hydrogen-bond donors (Lipinski definition) is 0. The number of nitrogens with zero attached hydrogens (tertiary/aromatic N) is 4. The molecule has 0 saturated heterocycles. The van der Waals surface area contributed by atoms with Gasteiger partial charge in [0.1, 0.15) is 11.9 Å². The third kappa shape index (κ3) is 3.13. The lowest BCUT2D eigenvalue weighted by Crippen LogP contribution is -2.15. The summed E-state index contributed by atoms with van der Waals surface area (Å²) in [5.74, 6) is 0.827. The summed E-state index contributed by atoms with van der Waals surface area (Å²) in [6.07, 6.45) is 8.53. The molecule has 5 nitrogen and oxygen atoms in total. The van der Waals surface area contributed by atoms with E-state index in [0.717, 1.165) is 47.2 Å². The van der Waals surface area contributed by atoms with Crippen molar-refractivity contribution in [3.63, 3.8) is 0 Å². The normalized spacial score (nSPS) is 15.7. The Morgan fingerprint density at radius 3 is 2.93 bits per heavy atom. The van der Waals surface area contributed by atoms with Gasteiger partial charge in [0.05, 0.1) is 29.0 Å². The van der Waals surface area contributed by atoms with Crippen molar-refractivity contribution < 1.29 is 4.74 Å². The molecule has 142 valence electrons. The molecular weight excluding hydrogens is 360 g/mol. The van der Waals surface area contributed by atoms with E-state index in [4.69, 9.17) is 10.00 Å². The summed E-state index contributed by atoms with van der Waals surface area (Å²) in [7, 11) is 0. The van der Waals surface area contributed by atoms with Gasteiger partial charge in [-0.2, -0.15) is 10.4 Å². The third-order valence-corrected chi connectivity index (χ3v) is 5.57. The van der Waals surface area contributed by atoms with Gasteiger partial charge in [0.25, 0.3) is 0 Å². The molecule has 1 unspecified atom stereocenters. The summed E-state index contributed by atoms with van der Waals surface area (Å²) in [4.78, 5) is 4.18. The van der Waals surface area contributed by atoms with E-state index in [0.29, 0.717) is 5.56 Å². The largest absolute Gasteiger partial charge is 0.486 e. The van der Waals surface area contributed by atoms with E-state index in [-0.39, 0.29) is 6.10 Å². The van der Waals surface area contributed by atoms with Crippen molar-refractivity contribution in [2.45, 2.75) is 32.3 Å². The van der Waals surface area contributed by atoms with Crippen molar-refractivity contribution in [1.29, 1.82) is 5.26 Å². The molecule has 1 atom stereocenters. The molecule has 0 bridgehead atoms. The van der Waals surface area contributed by atoms with Crippen LogP contribution in [0.3, 0.4) is 0 Å². The van der Waals surface area contributed by atoms with Gasteiger partial charge in [-0.05, 0) is 73.2 Å². The molecule has 0 N–H and O–H groups in total. The molecule has 5 rings (SSSR count). The van der Waals surface area contributed by atoms with Crippen LogP contribution in [0.4, 0.5) is 0 Å². The fourth-order valence-corrected chi connectivity index (χ4v) is 4.09. The van der Waals surface area contributed by atoms with Crippen molar-refractivity contribution in [3.8, 4) is 17.5 Å². The molecule has 4 aromatic rings. The molecule has 0 fully saturated rings. The van der Waals surface area contributed by atoms with Crippen molar-refractivity contribution >= 4 is 10.9 Å².